The lowest BCUT2D eigenvalue weighted by atomic mass is 9.81. The molecule has 1 aromatic carbocycles. The first-order valence-electron chi connectivity index (χ1n) is 8.94. The van der Waals surface area contributed by atoms with Crippen molar-refractivity contribution in [2.24, 2.45) is 0 Å². The maximum absolute atomic E-state index is 13.3. The average molecular weight is 337 g/mol. The maximum atomic E-state index is 13.3. The van der Waals surface area contributed by atoms with E-state index < -0.39 is 0 Å². The molecule has 2 atom stereocenters. The van der Waals surface area contributed by atoms with Crippen molar-refractivity contribution in [3.8, 4) is 5.75 Å². The fraction of sp³-hybridized carbons (Fsp3) is 0.684. The number of rotatable bonds is 4. The second kappa shape index (κ2) is 7.38. The summed E-state index contributed by atoms with van der Waals surface area (Å²) in [6, 6.07) is 4.72. The lowest BCUT2D eigenvalue weighted by Crippen LogP contribution is -2.52. The van der Waals surface area contributed by atoms with Crippen LogP contribution in [0, 0.1) is 5.82 Å². The van der Waals surface area contributed by atoms with Gasteiger partial charge in [-0.2, -0.15) is 0 Å². The van der Waals surface area contributed by atoms with Crippen molar-refractivity contribution in [2.75, 3.05) is 20.2 Å². The van der Waals surface area contributed by atoms with Crippen molar-refractivity contribution in [3.05, 3.63) is 29.6 Å². The molecule has 2 aliphatic rings. The summed E-state index contributed by atoms with van der Waals surface area (Å²) >= 11 is 0. The number of nitrogens with zero attached hydrogens (tertiary/aromatic N) is 1. The summed E-state index contributed by atoms with van der Waals surface area (Å²) in [6.07, 6.45) is 4.26. The number of halogens is 1. The lowest BCUT2D eigenvalue weighted by Gasteiger charge is -2.48. The van der Waals surface area contributed by atoms with E-state index in [0.29, 0.717) is 5.75 Å². The van der Waals surface area contributed by atoms with Gasteiger partial charge in [0.05, 0.1) is 24.9 Å². The Labute approximate surface area is 143 Å². The second-order valence-corrected chi connectivity index (χ2v) is 7.16. The van der Waals surface area contributed by atoms with Gasteiger partial charge in [-0.25, -0.2) is 4.39 Å². The molecule has 134 valence electrons. The van der Waals surface area contributed by atoms with Gasteiger partial charge in [0.15, 0.2) is 0 Å². The highest BCUT2D eigenvalue weighted by atomic mass is 19.1. The molecular formula is C19H28FNO3. The summed E-state index contributed by atoms with van der Waals surface area (Å²) in [5.74, 6) is 0.328. The van der Waals surface area contributed by atoms with Crippen LogP contribution in [0.5, 0.6) is 5.75 Å². The lowest BCUT2D eigenvalue weighted by molar-refractivity contribution is -0.182. The smallest absolute Gasteiger partial charge is 0.126 e. The van der Waals surface area contributed by atoms with E-state index in [1.165, 1.54) is 12.1 Å². The van der Waals surface area contributed by atoms with Gasteiger partial charge in [-0.1, -0.05) is 13.0 Å². The van der Waals surface area contributed by atoms with Crippen LogP contribution in [0.15, 0.2) is 18.2 Å². The van der Waals surface area contributed by atoms with E-state index in [0.717, 1.165) is 57.3 Å². The van der Waals surface area contributed by atoms with Crippen molar-refractivity contribution in [1.29, 1.82) is 0 Å². The van der Waals surface area contributed by atoms with Gasteiger partial charge in [0.1, 0.15) is 11.6 Å². The average Bonchev–Trinajstić information content (AvgIpc) is 2.58. The number of aliphatic hydroxyl groups excluding tert-OH is 1. The Balaban J connectivity index is 1.61. The molecule has 1 aromatic rings. The molecule has 2 fully saturated rings. The fourth-order valence-electron chi connectivity index (χ4n) is 4.05. The van der Waals surface area contributed by atoms with E-state index in [2.05, 4.69) is 11.8 Å². The molecule has 3 rings (SSSR count). The molecule has 0 bridgehead atoms. The van der Waals surface area contributed by atoms with Gasteiger partial charge < -0.3 is 14.6 Å². The van der Waals surface area contributed by atoms with Crippen LogP contribution in [0.3, 0.4) is 0 Å². The molecule has 0 saturated carbocycles. The number of hydrogen-bond donors (Lipinski definition) is 1. The summed E-state index contributed by atoms with van der Waals surface area (Å²) in [6.45, 7) is 4.71. The van der Waals surface area contributed by atoms with Crippen LogP contribution >= 0.6 is 0 Å². The van der Waals surface area contributed by atoms with Crippen LogP contribution in [-0.4, -0.2) is 48.0 Å². The monoisotopic (exact) mass is 337 g/mol. The van der Waals surface area contributed by atoms with E-state index in [1.54, 1.807) is 13.2 Å². The van der Waals surface area contributed by atoms with Crippen molar-refractivity contribution in [3.63, 3.8) is 0 Å². The fourth-order valence-corrected chi connectivity index (χ4v) is 4.05. The van der Waals surface area contributed by atoms with Crippen LogP contribution in [-0.2, 0) is 11.3 Å². The zero-order chi connectivity index (χ0) is 17.2. The van der Waals surface area contributed by atoms with Gasteiger partial charge >= 0.3 is 0 Å². The highest BCUT2D eigenvalue weighted by Gasteiger charge is 2.42. The molecule has 0 radical (unpaired) electrons. The minimum Gasteiger partial charge on any atom is -0.496 e. The molecule has 2 heterocycles. The summed E-state index contributed by atoms with van der Waals surface area (Å²) < 4.78 is 25.0. The van der Waals surface area contributed by atoms with Crippen LogP contribution in [0.4, 0.5) is 4.39 Å². The predicted molar refractivity (Wildman–Crippen MR) is 90.6 cm³/mol. The molecule has 0 amide bonds. The van der Waals surface area contributed by atoms with E-state index in [1.807, 2.05) is 0 Å². The normalized spacial score (nSPS) is 27.3. The third kappa shape index (κ3) is 3.90. The summed E-state index contributed by atoms with van der Waals surface area (Å²) in [5, 5.41) is 10.2. The molecule has 0 aliphatic carbocycles. The Bertz CT molecular complexity index is 558. The van der Waals surface area contributed by atoms with E-state index in [4.69, 9.17) is 9.47 Å². The number of ether oxygens (including phenoxy) is 2. The second-order valence-electron chi connectivity index (χ2n) is 7.16. The van der Waals surface area contributed by atoms with Gasteiger partial charge in [0.25, 0.3) is 0 Å². The molecule has 0 aromatic heterocycles. The standard InChI is InChI=1S/C19H28FNO3/c1-3-17-11-16(22)12-19(24-17)6-8-21(9-7-19)13-14-4-5-15(20)10-18(14)23-2/h4-5,10,16-17,22H,3,6-9,11-13H2,1-2H3/t16-,17+/m1/s1. The molecule has 2 aliphatic heterocycles. The first kappa shape index (κ1) is 17.6. The number of aliphatic hydroxyl groups is 1. The van der Waals surface area contributed by atoms with Gasteiger partial charge in [0.2, 0.25) is 0 Å². The molecule has 5 heteroatoms. The van der Waals surface area contributed by atoms with E-state index in [9.17, 15) is 9.50 Å². The third-order valence-corrected chi connectivity index (χ3v) is 5.42. The van der Waals surface area contributed by atoms with Gasteiger partial charge in [-0.3, -0.25) is 4.90 Å². The highest BCUT2D eigenvalue weighted by Crippen LogP contribution is 2.38. The van der Waals surface area contributed by atoms with E-state index in [-0.39, 0.29) is 23.6 Å². The number of likely N-dealkylation sites (tertiary alicyclic amines) is 1. The molecule has 0 unspecified atom stereocenters. The highest BCUT2D eigenvalue weighted by molar-refractivity contribution is 5.34. The quantitative estimate of drug-likeness (QED) is 0.917. The molecule has 1 N–H and O–H groups in total. The largest absolute Gasteiger partial charge is 0.496 e. The zero-order valence-electron chi connectivity index (χ0n) is 14.6. The number of methoxy groups -OCH3 is 1. The summed E-state index contributed by atoms with van der Waals surface area (Å²) in [7, 11) is 1.58. The number of hydrogen-bond acceptors (Lipinski definition) is 4. The zero-order valence-corrected chi connectivity index (χ0v) is 14.6. The molecule has 4 nitrogen and oxygen atoms in total. The van der Waals surface area contributed by atoms with Crippen LogP contribution in [0.25, 0.3) is 0 Å². The van der Waals surface area contributed by atoms with Gasteiger partial charge in [-0.05, 0) is 31.7 Å². The minimum absolute atomic E-state index is 0.165. The third-order valence-electron chi connectivity index (χ3n) is 5.42. The van der Waals surface area contributed by atoms with Crippen molar-refractivity contribution in [1.82, 2.24) is 4.90 Å². The maximum Gasteiger partial charge on any atom is 0.126 e. The summed E-state index contributed by atoms with van der Waals surface area (Å²) in [4.78, 5) is 2.35. The summed E-state index contributed by atoms with van der Waals surface area (Å²) in [5.41, 5.74) is 0.840. The number of piperidine rings is 1. The Morgan fingerprint density at radius 3 is 2.79 bits per heavy atom. The molecule has 1 spiro atoms. The van der Waals surface area contributed by atoms with Crippen molar-refractivity contribution < 1.29 is 19.0 Å². The SMILES string of the molecule is CC[C@H]1C[C@@H](O)CC2(CCN(Cc3ccc(F)cc3OC)CC2)O1. The first-order valence-corrected chi connectivity index (χ1v) is 8.94. The first-order chi connectivity index (χ1) is 11.5. The Hall–Kier alpha value is -1.17. The predicted octanol–water partition coefficient (Wildman–Crippen LogP) is 3.12. The Morgan fingerprint density at radius 2 is 2.12 bits per heavy atom. The van der Waals surface area contributed by atoms with Gasteiger partial charge in [-0.15, -0.1) is 0 Å². The molecule has 24 heavy (non-hydrogen) atoms. The van der Waals surface area contributed by atoms with Crippen LogP contribution < -0.4 is 4.74 Å². The Morgan fingerprint density at radius 1 is 1.38 bits per heavy atom. The Kier molecular flexibility index (Phi) is 5.42. The van der Waals surface area contributed by atoms with Crippen molar-refractivity contribution >= 4 is 0 Å². The van der Waals surface area contributed by atoms with Crippen LogP contribution in [0.2, 0.25) is 0 Å². The van der Waals surface area contributed by atoms with Crippen molar-refractivity contribution in [2.45, 2.75) is 63.4 Å². The molecular weight excluding hydrogens is 309 g/mol. The van der Waals surface area contributed by atoms with E-state index >= 15 is 0 Å². The van der Waals surface area contributed by atoms with Crippen LogP contribution in [0.1, 0.15) is 44.6 Å². The topological polar surface area (TPSA) is 41.9 Å². The van der Waals surface area contributed by atoms with Gasteiger partial charge in [0, 0.05) is 37.7 Å². The molecule has 2 saturated heterocycles. The number of benzene rings is 1. The minimum atomic E-state index is -0.275.